The van der Waals surface area contributed by atoms with Gasteiger partial charge in [-0.2, -0.15) is 5.10 Å². The van der Waals surface area contributed by atoms with Crippen LogP contribution in [0.3, 0.4) is 0 Å². The van der Waals surface area contributed by atoms with Gasteiger partial charge in [0, 0.05) is 6.04 Å². The fourth-order valence-electron chi connectivity index (χ4n) is 4.78. The molecule has 7 nitrogen and oxygen atoms in total. The molecule has 0 aliphatic carbocycles. The Morgan fingerprint density at radius 3 is 2.61 bits per heavy atom. The number of fused-ring (bicyclic) bond motifs is 1. The average Bonchev–Trinajstić information content (AvgIpc) is 3.39. The highest BCUT2D eigenvalue weighted by Crippen LogP contribution is 2.38. The maximum atomic E-state index is 13.0. The number of aryl methyl sites for hydroxylation is 2. The minimum Gasteiger partial charge on any atom is -0.486 e. The number of benzene rings is 2. The third-order valence-corrected chi connectivity index (χ3v) is 6.50. The SMILES string of the molecule is Cc1ccc(-n2nc(C)c(NC(=O)CN3CCC[C@@H]3c3ccc4c(c3)OCCO4)c2C)cc1. The molecular formula is C26H30N4O3. The minimum absolute atomic E-state index is 0.0194. The molecule has 2 aliphatic heterocycles. The van der Waals surface area contributed by atoms with Crippen molar-refractivity contribution in [2.24, 2.45) is 0 Å². The Morgan fingerprint density at radius 1 is 1.06 bits per heavy atom. The number of carbonyl (C=O) groups is 1. The van der Waals surface area contributed by atoms with Gasteiger partial charge in [0.25, 0.3) is 0 Å². The first-order valence-corrected chi connectivity index (χ1v) is 11.6. The summed E-state index contributed by atoms with van der Waals surface area (Å²) in [5.41, 5.74) is 5.88. The molecule has 1 fully saturated rings. The Kier molecular flexibility index (Phi) is 5.81. The number of carbonyl (C=O) groups excluding carboxylic acids is 1. The molecule has 0 bridgehead atoms. The van der Waals surface area contributed by atoms with Crippen LogP contribution in [0.5, 0.6) is 11.5 Å². The van der Waals surface area contributed by atoms with E-state index in [9.17, 15) is 4.79 Å². The molecule has 0 saturated carbocycles. The Labute approximate surface area is 194 Å². The summed E-state index contributed by atoms with van der Waals surface area (Å²) >= 11 is 0. The smallest absolute Gasteiger partial charge is 0.238 e. The molecule has 2 aliphatic rings. The van der Waals surface area contributed by atoms with Crippen LogP contribution < -0.4 is 14.8 Å². The maximum Gasteiger partial charge on any atom is 0.238 e. The van der Waals surface area contributed by atoms with E-state index < -0.39 is 0 Å². The van der Waals surface area contributed by atoms with Crippen molar-refractivity contribution in [1.82, 2.24) is 14.7 Å². The number of nitrogens with one attached hydrogen (secondary N) is 1. The van der Waals surface area contributed by atoms with Crippen LogP contribution >= 0.6 is 0 Å². The number of hydrogen-bond donors (Lipinski definition) is 1. The number of amides is 1. The molecule has 7 heteroatoms. The Bertz CT molecular complexity index is 1170. The van der Waals surface area contributed by atoms with Crippen LogP contribution in [0.25, 0.3) is 5.69 Å². The van der Waals surface area contributed by atoms with Crippen LogP contribution in [0.4, 0.5) is 5.69 Å². The maximum absolute atomic E-state index is 13.0. The van der Waals surface area contributed by atoms with Crippen molar-refractivity contribution < 1.29 is 14.3 Å². The number of likely N-dealkylation sites (tertiary alicyclic amines) is 1. The first kappa shape index (κ1) is 21.5. The van der Waals surface area contributed by atoms with Gasteiger partial charge in [0.05, 0.1) is 29.3 Å². The summed E-state index contributed by atoms with van der Waals surface area (Å²) in [6.45, 7) is 8.38. The van der Waals surface area contributed by atoms with E-state index in [1.54, 1.807) is 0 Å². The van der Waals surface area contributed by atoms with E-state index in [2.05, 4.69) is 46.5 Å². The number of rotatable bonds is 5. The lowest BCUT2D eigenvalue weighted by Gasteiger charge is -2.26. The molecule has 172 valence electrons. The number of nitrogens with zero attached hydrogens (tertiary/aromatic N) is 3. The molecule has 1 amide bonds. The molecule has 0 radical (unpaired) electrons. The predicted octanol–water partition coefficient (Wildman–Crippen LogP) is 4.34. The normalized spacial score (nSPS) is 17.8. The summed E-state index contributed by atoms with van der Waals surface area (Å²) in [6.07, 6.45) is 2.09. The van der Waals surface area contributed by atoms with Crippen molar-refractivity contribution in [3.63, 3.8) is 0 Å². The van der Waals surface area contributed by atoms with Gasteiger partial charge in [-0.15, -0.1) is 0 Å². The second-order valence-electron chi connectivity index (χ2n) is 8.87. The molecule has 1 saturated heterocycles. The number of anilines is 1. The van der Waals surface area contributed by atoms with Crippen molar-refractivity contribution in [3.05, 3.63) is 65.0 Å². The highest BCUT2D eigenvalue weighted by molar-refractivity contribution is 5.93. The van der Waals surface area contributed by atoms with Gasteiger partial charge >= 0.3 is 0 Å². The molecular weight excluding hydrogens is 416 g/mol. The molecule has 0 spiro atoms. The van der Waals surface area contributed by atoms with Crippen LogP contribution in [0.15, 0.2) is 42.5 Å². The van der Waals surface area contributed by atoms with E-state index >= 15 is 0 Å². The van der Waals surface area contributed by atoms with Crippen LogP contribution in [0, 0.1) is 20.8 Å². The molecule has 3 heterocycles. The fraction of sp³-hybridized carbons (Fsp3) is 0.385. The van der Waals surface area contributed by atoms with Crippen LogP contribution in [-0.4, -0.2) is 46.9 Å². The molecule has 0 unspecified atom stereocenters. The zero-order valence-corrected chi connectivity index (χ0v) is 19.4. The van der Waals surface area contributed by atoms with E-state index in [0.717, 1.165) is 53.6 Å². The number of aromatic nitrogens is 2. The van der Waals surface area contributed by atoms with E-state index in [1.165, 1.54) is 11.1 Å². The monoisotopic (exact) mass is 446 g/mol. The first-order chi connectivity index (χ1) is 16.0. The lowest BCUT2D eigenvalue weighted by atomic mass is 10.0. The van der Waals surface area contributed by atoms with E-state index in [0.29, 0.717) is 19.8 Å². The third-order valence-electron chi connectivity index (χ3n) is 6.50. The summed E-state index contributed by atoms with van der Waals surface area (Å²) in [5, 5.41) is 7.78. The zero-order chi connectivity index (χ0) is 22.9. The molecule has 2 aromatic carbocycles. The van der Waals surface area contributed by atoms with Gasteiger partial charge in [0.2, 0.25) is 5.91 Å². The Hall–Kier alpha value is -3.32. The summed E-state index contributed by atoms with van der Waals surface area (Å²) in [6, 6.07) is 14.6. The highest BCUT2D eigenvalue weighted by Gasteiger charge is 2.29. The first-order valence-electron chi connectivity index (χ1n) is 11.6. The Balaban J connectivity index is 1.29. The molecule has 1 N–H and O–H groups in total. The summed E-state index contributed by atoms with van der Waals surface area (Å²) in [7, 11) is 0. The van der Waals surface area contributed by atoms with Gasteiger partial charge in [-0.05, 0) is 70.0 Å². The number of ether oxygens (including phenoxy) is 2. The Morgan fingerprint density at radius 2 is 1.82 bits per heavy atom. The quantitative estimate of drug-likeness (QED) is 0.631. The van der Waals surface area contributed by atoms with Crippen LogP contribution in [0.2, 0.25) is 0 Å². The van der Waals surface area contributed by atoms with Gasteiger partial charge in [-0.25, -0.2) is 4.68 Å². The molecule has 1 atom stereocenters. The third kappa shape index (κ3) is 4.33. The van der Waals surface area contributed by atoms with E-state index in [1.807, 2.05) is 36.7 Å². The second-order valence-corrected chi connectivity index (χ2v) is 8.87. The zero-order valence-electron chi connectivity index (χ0n) is 19.4. The van der Waals surface area contributed by atoms with Crippen molar-refractivity contribution >= 4 is 11.6 Å². The largest absolute Gasteiger partial charge is 0.486 e. The van der Waals surface area contributed by atoms with Crippen molar-refractivity contribution in [2.45, 2.75) is 39.7 Å². The standard InChI is InChI=1S/C26H30N4O3/c1-17-6-9-21(10-7-17)30-19(3)26(18(2)28-30)27-25(31)16-29-12-4-5-22(29)20-8-11-23-24(15-20)33-14-13-32-23/h6-11,15,22H,4-5,12-14,16H2,1-3H3,(H,27,31)/t22-/m1/s1. The minimum atomic E-state index is -0.0194. The molecule has 33 heavy (non-hydrogen) atoms. The fourth-order valence-corrected chi connectivity index (χ4v) is 4.78. The van der Waals surface area contributed by atoms with Crippen molar-refractivity contribution in [2.75, 3.05) is 31.6 Å². The predicted molar refractivity (Wildman–Crippen MR) is 127 cm³/mol. The number of hydrogen-bond acceptors (Lipinski definition) is 5. The van der Waals surface area contributed by atoms with E-state index in [4.69, 9.17) is 9.47 Å². The summed E-state index contributed by atoms with van der Waals surface area (Å²) < 4.78 is 13.3. The van der Waals surface area contributed by atoms with Crippen molar-refractivity contribution in [1.29, 1.82) is 0 Å². The van der Waals surface area contributed by atoms with Gasteiger partial charge in [-0.3, -0.25) is 9.69 Å². The summed E-state index contributed by atoms with van der Waals surface area (Å²) in [4.78, 5) is 15.3. The van der Waals surface area contributed by atoms with Gasteiger partial charge < -0.3 is 14.8 Å². The van der Waals surface area contributed by atoms with Crippen LogP contribution in [0.1, 0.15) is 41.4 Å². The second kappa shape index (κ2) is 8.90. The van der Waals surface area contributed by atoms with Gasteiger partial charge in [0.15, 0.2) is 11.5 Å². The lowest BCUT2D eigenvalue weighted by Crippen LogP contribution is -2.33. The van der Waals surface area contributed by atoms with E-state index in [-0.39, 0.29) is 11.9 Å². The molecule has 5 rings (SSSR count). The lowest BCUT2D eigenvalue weighted by molar-refractivity contribution is -0.117. The van der Waals surface area contributed by atoms with Gasteiger partial charge in [0.1, 0.15) is 13.2 Å². The van der Waals surface area contributed by atoms with Crippen molar-refractivity contribution in [3.8, 4) is 17.2 Å². The molecule has 1 aromatic heterocycles. The topological polar surface area (TPSA) is 68.6 Å². The summed E-state index contributed by atoms with van der Waals surface area (Å²) in [5.74, 6) is 1.57. The van der Waals surface area contributed by atoms with Gasteiger partial charge in [-0.1, -0.05) is 23.8 Å². The average molecular weight is 447 g/mol. The highest BCUT2D eigenvalue weighted by atomic mass is 16.6. The van der Waals surface area contributed by atoms with Crippen LogP contribution in [-0.2, 0) is 4.79 Å². The molecule has 3 aromatic rings.